The molecule has 2 N–H and O–H groups in total. The van der Waals surface area contributed by atoms with E-state index < -0.39 is 5.54 Å². The van der Waals surface area contributed by atoms with Crippen LogP contribution >= 0.6 is 0 Å². The smallest absolute Gasteiger partial charge is 0.267 e. The molecule has 136 valence electrons. The molecule has 7 nitrogen and oxygen atoms in total. The number of nitrogens with two attached hydrogens (primary N) is 1. The van der Waals surface area contributed by atoms with E-state index in [-0.39, 0.29) is 11.9 Å². The fraction of sp³-hybridized carbons (Fsp3) is 0.200. The van der Waals surface area contributed by atoms with E-state index in [2.05, 4.69) is 21.9 Å². The third-order valence-electron chi connectivity index (χ3n) is 4.84. The Hall–Kier alpha value is -3.48. The van der Waals surface area contributed by atoms with E-state index in [9.17, 15) is 4.79 Å². The summed E-state index contributed by atoms with van der Waals surface area (Å²) in [6, 6.07) is 11.3. The van der Waals surface area contributed by atoms with Gasteiger partial charge in [-0.2, -0.15) is 0 Å². The van der Waals surface area contributed by atoms with Gasteiger partial charge in [0.15, 0.2) is 18.1 Å². The molecular weight excluding hydrogens is 342 g/mol. The summed E-state index contributed by atoms with van der Waals surface area (Å²) in [5, 5.41) is 0. The van der Waals surface area contributed by atoms with Gasteiger partial charge in [-0.05, 0) is 29.7 Å². The van der Waals surface area contributed by atoms with Crippen LogP contribution in [-0.2, 0) is 16.8 Å². The van der Waals surface area contributed by atoms with E-state index in [1.54, 1.807) is 19.4 Å². The minimum atomic E-state index is -1.32. The lowest BCUT2D eigenvalue weighted by Crippen LogP contribution is -2.41. The van der Waals surface area contributed by atoms with Crippen LogP contribution in [0.4, 0.5) is 0 Å². The van der Waals surface area contributed by atoms with E-state index in [1.807, 2.05) is 36.4 Å². The van der Waals surface area contributed by atoms with Crippen molar-refractivity contribution in [1.29, 1.82) is 0 Å². The van der Waals surface area contributed by atoms with Crippen molar-refractivity contribution in [3.05, 3.63) is 72.0 Å². The van der Waals surface area contributed by atoms with Crippen molar-refractivity contribution in [3.63, 3.8) is 0 Å². The Balaban J connectivity index is 1.92. The summed E-state index contributed by atoms with van der Waals surface area (Å²) in [6.07, 6.45) is 5.63. The lowest BCUT2D eigenvalue weighted by atomic mass is 9.85. The molecule has 1 aliphatic rings. The maximum absolute atomic E-state index is 13.2. The lowest BCUT2D eigenvalue weighted by Gasteiger charge is -2.25. The zero-order valence-electron chi connectivity index (χ0n) is 15.1. The first-order chi connectivity index (χ1) is 13.1. The van der Waals surface area contributed by atoms with Gasteiger partial charge in [0.2, 0.25) is 5.54 Å². The number of oxazole rings is 1. The predicted octanol–water partition coefficient (Wildman–Crippen LogP) is 2.33. The second-order valence-electron chi connectivity index (χ2n) is 6.40. The highest BCUT2D eigenvalue weighted by Gasteiger charge is 2.50. The summed E-state index contributed by atoms with van der Waals surface area (Å²) >= 11 is 0. The number of benzene rings is 1. The molecule has 1 atom stereocenters. The van der Waals surface area contributed by atoms with Gasteiger partial charge in [0.1, 0.15) is 0 Å². The van der Waals surface area contributed by atoms with Crippen LogP contribution in [0.2, 0.25) is 0 Å². The van der Waals surface area contributed by atoms with Gasteiger partial charge in [0, 0.05) is 18.8 Å². The van der Waals surface area contributed by atoms with E-state index in [0.717, 1.165) is 17.5 Å². The molecule has 0 bridgehead atoms. The number of nitrogens with zero attached hydrogens (tertiary/aromatic N) is 4. The first kappa shape index (κ1) is 17.0. The number of likely N-dealkylation sites (N-methyl/N-ethyl adjacent to an activating group) is 1. The van der Waals surface area contributed by atoms with Gasteiger partial charge in [0.05, 0.1) is 11.9 Å². The third kappa shape index (κ3) is 2.59. The Labute approximate surface area is 156 Å². The van der Waals surface area contributed by atoms with Crippen LogP contribution in [0.1, 0.15) is 23.7 Å². The van der Waals surface area contributed by atoms with Crippen molar-refractivity contribution >= 4 is 11.9 Å². The summed E-state index contributed by atoms with van der Waals surface area (Å²) in [6.45, 7) is 2.05. The number of rotatable bonds is 4. The molecular formula is C20H19N5O2. The maximum atomic E-state index is 13.2. The summed E-state index contributed by atoms with van der Waals surface area (Å²) in [7, 11) is 1.61. The fourth-order valence-electron chi connectivity index (χ4n) is 3.25. The molecule has 3 aromatic rings. The molecule has 0 spiro atoms. The zero-order chi connectivity index (χ0) is 19.0. The highest BCUT2D eigenvalue weighted by atomic mass is 16.3. The Morgan fingerprint density at radius 3 is 2.67 bits per heavy atom. The highest BCUT2D eigenvalue weighted by Crippen LogP contribution is 2.39. The standard InChI is InChI=1S/C20H19N5O2/c1-3-13-7-8-17(23-10-13)20(18(26)25(2)19(21)24-20)15-6-4-5-14(9-15)16-11-22-12-27-16/h4-12H,3H2,1-2H3,(H2,21,24). The number of aromatic nitrogens is 2. The number of hydrogen-bond donors (Lipinski definition) is 1. The van der Waals surface area contributed by atoms with Gasteiger partial charge in [-0.3, -0.25) is 14.7 Å². The summed E-state index contributed by atoms with van der Waals surface area (Å²) in [5.74, 6) is 0.523. The first-order valence-electron chi connectivity index (χ1n) is 8.64. The van der Waals surface area contributed by atoms with Crippen molar-refractivity contribution < 1.29 is 9.21 Å². The average Bonchev–Trinajstić information content (AvgIpc) is 3.32. The Morgan fingerprint density at radius 1 is 1.22 bits per heavy atom. The van der Waals surface area contributed by atoms with E-state index >= 15 is 0 Å². The molecule has 1 aliphatic heterocycles. The predicted molar refractivity (Wildman–Crippen MR) is 101 cm³/mol. The molecule has 1 unspecified atom stereocenters. The molecule has 27 heavy (non-hydrogen) atoms. The van der Waals surface area contributed by atoms with Crippen LogP contribution in [0.15, 0.2) is 64.6 Å². The SMILES string of the molecule is CCc1ccc(C2(c3cccc(-c4cnco4)c3)N=C(N)N(C)C2=O)nc1. The minimum Gasteiger partial charge on any atom is -0.444 e. The normalized spacial score (nSPS) is 19.4. The molecule has 0 radical (unpaired) electrons. The maximum Gasteiger partial charge on any atom is 0.267 e. The molecule has 0 fully saturated rings. The van der Waals surface area contributed by atoms with Gasteiger partial charge >= 0.3 is 0 Å². The number of aliphatic imine (C=N–C) groups is 1. The number of amides is 1. The van der Waals surface area contributed by atoms with E-state index in [0.29, 0.717) is 17.0 Å². The lowest BCUT2D eigenvalue weighted by molar-refractivity contribution is -0.129. The second-order valence-corrected chi connectivity index (χ2v) is 6.40. The molecule has 4 rings (SSSR count). The molecule has 1 amide bonds. The monoisotopic (exact) mass is 361 g/mol. The van der Waals surface area contributed by atoms with Crippen LogP contribution in [0.25, 0.3) is 11.3 Å². The zero-order valence-corrected chi connectivity index (χ0v) is 15.1. The van der Waals surface area contributed by atoms with Gasteiger partial charge in [0.25, 0.3) is 5.91 Å². The number of aryl methyl sites for hydroxylation is 1. The fourth-order valence-corrected chi connectivity index (χ4v) is 3.25. The van der Waals surface area contributed by atoms with Crippen LogP contribution in [0.5, 0.6) is 0 Å². The second kappa shape index (κ2) is 6.35. The third-order valence-corrected chi connectivity index (χ3v) is 4.84. The van der Waals surface area contributed by atoms with Crippen molar-refractivity contribution in [2.75, 3.05) is 7.05 Å². The van der Waals surface area contributed by atoms with Crippen molar-refractivity contribution in [1.82, 2.24) is 14.9 Å². The van der Waals surface area contributed by atoms with Crippen molar-refractivity contribution in [3.8, 4) is 11.3 Å². The number of guanidine groups is 1. The van der Waals surface area contributed by atoms with Gasteiger partial charge in [-0.15, -0.1) is 0 Å². The molecule has 0 saturated carbocycles. The largest absolute Gasteiger partial charge is 0.444 e. The summed E-state index contributed by atoms with van der Waals surface area (Å²) < 4.78 is 5.39. The number of carbonyl (C=O) groups is 1. The van der Waals surface area contributed by atoms with E-state index in [1.165, 1.54) is 11.3 Å². The van der Waals surface area contributed by atoms with Crippen molar-refractivity contribution in [2.24, 2.45) is 10.7 Å². The molecule has 7 heteroatoms. The van der Waals surface area contributed by atoms with E-state index in [4.69, 9.17) is 10.2 Å². The average molecular weight is 361 g/mol. The summed E-state index contributed by atoms with van der Waals surface area (Å²) in [5.41, 5.74) is 7.77. The Morgan fingerprint density at radius 2 is 2.07 bits per heavy atom. The van der Waals surface area contributed by atoms with Gasteiger partial charge < -0.3 is 10.2 Å². The molecule has 1 aromatic carbocycles. The molecule has 0 aliphatic carbocycles. The quantitative estimate of drug-likeness (QED) is 0.769. The van der Waals surface area contributed by atoms with Crippen LogP contribution in [-0.4, -0.2) is 33.8 Å². The van der Waals surface area contributed by atoms with Crippen LogP contribution < -0.4 is 5.73 Å². The van der Waals surface area contributed by atoms with Crippen LogP contribution in [0.3, 0.4) is 0 Å². The minimum absolute atomic E-state index is 0.159. The molecule has 0 saturated heterocycles. The highest BCUT2D eigenvalue weighted by molar-refractivity contribution is 6.08. The number of pyridine rings is 1. The Kier molecular flexibility index (Phi) is 3.99. The molecule has 2 aromatic heterocycles. The van der Waals surface area contributed by atoms with Crippen molar-refractivity contribution in [2.45, 2.75) is 18.9 Å². The van der Waals surface area contributed by atoms with Crippen LogP contribution in [0, 0.1) is 0 Å². The number of hydrogen-bond acceptors (Lipinski definition) is 6. The summed E-state index contributed by atoms with van der Waals surface area (Å²) in [4.78, 5) is 27.7. The molecule has 3 heterocycles. The number of carbonyl (C=O) groups excluding carboxylic acids is 1. The van der Waals surface area contributed by atoms with Gasteiger partial charge in [-0.25, -0.2) is 9.98 Å². The Bertz CT molecular complexity index is 1010. The topological polar surface area (TPSA) is 97.6 Å². The first-order valence-corrected chi connectivity index (χ1v) is 8.64. The van der Waals surface area contributed by atoms with Gasteiger partial charge in [-0.1, -0.05) is 31.2 Å².